The maximum absolute atomic E-state index is 9.55. The third kappa shape index (κ3) is 1.64. The molecule has 2 aromatic rings. The molecule has 0 fully saturated rings. The van der Waals surface area contributed by atoms with Crippen LogP contribution in [0.3, 0.4) is 0 Å². The summed E-state index contributed by atoms with van der Waals surface area (Å²) in [6.45, 7) is -0.234. The normalized spacial score (nSPS) is 12.8. The van der Waals surface area contributed by atoms with Crippen LogP contribution in [0.25, 0.3) is 0 Å². The van der Waals surface area contributed by atoms with Crippen molar-refractivity contribution < 1.29 is 10.0 Å². The molecule has 2 radical (unpaired) electrons. The summed E-state index contributed by atoms with van der Waals surface area (Å²) in [5.41, 5.74) is 4.20. The third-order valence-corrected chi connectivity index (χ3v) is 3.63. The lowest BCUT2D eigenvalue weighted by Gasteiger charge is -2.29. The Morgan fingerprint density at radius 2 is 0.889 bits per heavy atom. The van der Waals surface area contributed by atoms with E-state index < -0.39 is 0 Å². The van der Waals surface area contributed by atoms with Gasteiger partial charge in [0.05, 0.1) is 0 Å². The molecule has 0 aromatic heterocycles. The van der Waals surface area contributed by atoms with Crippen LogP contribution in [0.5, 0.6) is 0 Å². The van der Waals surface area contributed by atoms with Crippen LogP contribution in [0.2, 0.25) is 0 Å². The molecule has 2 aromatic carbocycles. The molecule has 0 unspecified atom stereocenters. The minimum Gasteiger partial charge on any atom is -0.463 e. The van der Waals surface area contributed by atoms with E-state index in [2.05, 4.69) is 0 Å². The summed E-state index contributed by atoms with van der Waals surface area (Å²) < 4.78 is 0. The minimum absolute atomic E-state index is 0.117. The summed E-state index contributed by atoms with van der Waals surface area (Å²) in [4.78, 5) is 0. The lowest BCUT2D eigenvalue weighted by Crippen LogP contribution is -2.72. The van der Waals surface area contributed by atoms with Crippen molar-refractivity contribution in [3.63, 3.8) is 0 Å². The Balaban J connectivity index is 2.25. The number of fused-ring (bicyclic) bond motifs is 2. The predicted octanol–water partition coefficient (Wildman–Crippen LogP) is -2.57. The van der Waals surface area contributed by atoms with Gasteiger partial charge in [-0.3, -0.25) is 0 Å². The van der Waals surface area contributed by atoms with Crippen LogP contribution < -0.4 is 21.9 Å². The maximum Gasteiger partial charge on any atom is 0.258 e. The van der Waals surface area contributed by atoms with Gasteiger partial charge in [0.1, 0.15) is 0 Å². The Kier molecular flexibility index (Phi) is 3.06. The molecular formula is C12H10B4O2. The Labute approximate surface area is 109 Å². The van der Waals surface area contributed by atoms with E-state index in [4.69, 9.17) is 0 Å². The second kappa shape index (κ2) is 4.71. The van der Waals surface area contributed by atoms with Gasteiger partial charge in [-0.25, -0.2) is 0 Å². The third-order valence-electron chi connectivity index (χ3n) is 3.63. The van der Waals surface area contributed by atoms with E-state index in [9.17, 15) is 10.0 Å². The highest BCUT2D eigenvalue weighted by atomic mass is 16.2. The van der Waals surface area contributed by atoms with Gasteiger partial charge in [-0.2, -0.15) is 0 Å². The predicted molar refractivity (Wildman–Crippen MR) is 78.9 cm³/mol. The molecular weight excluding hydrogens is 219 g/mol. The van der Waals surface area contributed by atoms with Crippen molar-refractivity contribution in [1.29, 1.82) is 0 Å². The topological polar surface area (TPSA) is 40.5 Å². The molecule has 0 aliphatic carbocycles. The van der Waals surface area contributed by atoms with Crippen molar-refractivity contribution in [2.24, 2.45) is 0 Å². The molecule has 0 saturated carbocycles. The standard InChI is InChI=1S/C12H10B4O2/c17-13-15-9-5-1-2-6-10(9)16(14-18)12-8-4-3-7-11(12)15/h1-8,17-18H. The smallest absolute Gasteiger partial charge is 0.258 e. The molecule has 2 nitrogen and oxygen atoms in total. The summed E-state index contributed by atoms with van der Waals surface area (Å²) in [5, 5.41) is 19.1. The Morgan fingerprint density at radius 3 is 1.11 bits per heavy atom. The van der Waals surface area contributed by atoms with E-state index in [1.807, 2.05) is 48.5 Å². The summed E-state index contributed by atoms with van der Waals surface area (Å²) in [7, 11) is 2.45. The number of rotatable bonds is 2. The van der Waals surface area contributed by atoms with Gasteiger partial charge in [0.25, 0.3) is 14.7 Å². The minimum atomic E-state index is -0.117. The van der Waals surface area contributed by atoms with Crippen molar-refractivity contribution in [1.82, 2.24) is 0 Å². The van der Waals surface area contributed by atoms with Crippen LogP contribution in [0.4, 0.5) is 0 Å². The number of hydrogen-bond acceptors (Lipinski definition) is 2. The first-order chi connectivity index (χ1) is 8.86. The monoisotopic (exact) mass is 230 g/mol. The van der Waals surface area contributed by atoms with Gasteiger partial charge < -0.3 is 10.0 Å². The first-order valence-corrected chi connectivity index (χ1v) is 5.99. The molecule has 82 valence electrons. The van der Waals surface area contributed by atoms with Crippen molar-refractivity contribution in [2.45, 2.75) is 0 Å². The summed E-state index contributed by atoms with van der Waals surface area (Å²) >= 11 is 0. The second-order valence-electron chi connectivity index (χ2n) is 4.51. The van der Waals surface area contributed by atoms with Gasteiger partial charge in [0, 0.05) is 0 Å². The average molecular weight is 229 g/mol. The highest BCUT2D eigenvalue weighted by Crippen LogP contribution is 1.98. The van der Waals surface area contributed by atoms with E-state index in [1.165, 1.54) is 14.7 Å². The summed E-state index contributed by atoms with van der Waals surface area (Å²) in [5.74, 6) is 0. The number of benzene rings is 2. The fourth-order valence-electron chi connectivity index (χ4n) is 2.81. The summed E-state index contributed by atoms with van der Waals surface area (Å²) in [6.07, 6.45) is 0. The average Bonchev–Trinajstić information content (AvgIpc) is 2.44. The van der Waals surface area contributed by atoms with Crippen molar-refractivity contribution >= 4 is 49.8 Å². The van der Waals surface area contributed by atoms with Gasteiger partial charge in [0.2, 0.25) is 13.2 Å². The molecule has 1 aliphatic heterocycles. The van der Waals surface area contributed by atoms with Gasteiger partial charge >= 0.3 is 0 Å². The molecule has 0 saturated heterocycles. The fourth-order valence-corrected chi connectivity index (χ4v) is 2.81. The van der Waals surface area contributed by atoms with Gasteiger partial charge in [-0.15, -0.1) is 0 Å². The van der Waals surface area contributed by atoms with Crippen LogP contribution in [0.1, 0.15) is 0 Å². The van der Waals surface area contributed by atoms with E-state index in [0.717, 1.165) is 21.9 Å². The van der Waals surface area contributed by atoms with Crippen LogP contribution >= 0.6 is 0 Å². The molecule has 0 atom stereocenters. The van der Waals surface area contributed by atoms with Crippen LogP contribution in [0.15, 0.2) is 48.5 Å². The van der Waals surface area contributed by atoms with E-state index >= 15 is 0 Å². The molecule has 0 spiro atoms. The fraction of sp³-hybridized carbons (Fsp3) is 0. The highest BCUT2D eigenvalue weighted by molar-refractivity contribution is 7.34. The quantitative estimate of drug-likeness (QED) is 0.556. The Morgan fingerprint density at radius 1 is 0.611 bits per heavy atom. The zero-order valence-electron chi connectivity index (χ0n) is 9.82. The Bertz CT molecular complexity index is 478. The van der Waals surface area contributed by atoms with Crippen molar-refractivity contribution in [3.8, 4) is 0 Å². The van der Waals surface area contributed by atoms with Crippen LogP contribution in [-0.2, 0) is 0 Å². The lowest BCUT2D eigenvalue weighted by atomic mass is 9.09. The largest absolute Gasteiger partial charge is 0.463 e. The van der Waals surface area contributed by atoms with Gasteiger partial charge in [-0.05, 0) is 0 Å². The van der Waals surface area contributed by atoms with Gasteiger partial charge in [-0.1, -0.05) is 70.4 Å². The SMILES string of the molecule is O[B]B1c2ccccc2B([B]O)c2ccccc21. The van der Waals surface area contributed by atoms with Crippen molar-refractivity contribution in [2.75, 3.05) is 0 Å². The van der Waals surface area contributed by atoms with E-state index in [-0.39, 0.29) is 13.2 Å². The molecule has 1 aliphatic rings. The van der Waals surface area contributed by atoms with E-state index in [0.29, 0.717) is 0 Å². The molecule has 0 amide bonds. The molecule has 0 bridgehead atoms. The molecule has 2 N–H and O–H groups in total. The first kappa shape index (κ1) is 11.7. The first-order valence-electron chi connectivity index (χ1n) is 5.99. The van der Waals surface area contributed by atoms with Crippen LogP contribution in [0, 0.1) is 0 Å². The van der Waals surface area contributed by atoms with Crippen molar-refractivity contribution in [3.05, 3.63) is 48.5 Å². The molecule has 1 heterocycles. The van der Waals surface area contributed by atoms with Crippen LogP contribution in [-0.4, -0.2) is 38.0 Å². The molecule has 6 heteroatoms. The second-order valence-corrected chi connectivity index (χ2v) is 4.51. The Hall–Kier alpha value is -1.38. The maximum atomic E-state index is 9.55. The molecule has 18 heavy (non-hydrogen) atoms. The zero-order chi connectivity index (χ0) is 12.5. The van der Waals surface area contributed by atoms with Gasteiger partial charge in [0.15, 0.2) is 0 Å². The zero-order valence-corrected chi connectivity index (χ0v) is 9.82. The summed E-state index contributed by atoms with van der Waals surface area (Å²) in [6, 6.07) is 15.8. The highest BCUT2D eigenvalue weighted by Gasteiger charge is 2.36. The van der Waals surface area contributed by atoms with E-state index in [1.54, 1.807) is 0 Å². The molecule has 3 rings (SSSR count). The lowest BCUT2D eigenvalue weighted by molar-refractivity contribution is 0.619. The number of hydrogen-bond donors (Lipinski definition) is 2.